The van der Waals surface area contributed by atoms with Crippen LogP contribution in [0.2, 0.25) is 0 Å². The molecule has 4 heterocycles. The quantitative estimate of drug-likeness (QED) is 0.179. The first-order chi connectivity index (χ1) is 23.8. The highest BCUT2D eigenvalue weighted by molar-refractivity contribution is 5.94. The lowest BCUT2D eigenvalue weighted by Crippen LogP contribution is -1.93. The van der Waals surface area contributed by atoms with Gasteiger partial charge in [-0.15, -0.1) is 0 Å². The number of benzene rings is 4. The van der Waals surface area contributed by atoms with Crippen molar-refractivity contribution in [1.82, 2.24) is 19.9 Å². The summed E-state index contributed by atoms with van der Waals surface area (Å²) >= 11 is 0. The molecule has 0 N–H and O–H groups in total. The summed E-state index contributed by atoms with van der Waals surface area (Å²) in [6.45, 7) is 0. The fraction of sp³-hybridized carbons (Fsp3) is 0. The monoisotopic (exact) mass is 614 g/mol. The van der Waals surface area contributed by atoms with Crippen molar-refractivity contribution in [3.63, 3.8) is 0 Å². The van der Waals surface area contributed by atoms with Crippen molar-refractivity contribution >= 4 is 0 Å². The average Bonchev–Trinajstić information content (AvgIpc) is 3.19. The topological polar surface area (TPSA) is 51.6 Å². The van der Waals surface area contributed by atoms with Crippen molar-refractivity contribution in [3.8, 4) is 78.4 Å². The van der Waals surface area contributed by atoms with Crippen molar-refractivity contribution in [2.45, 2.75) is 0 Å². The van der Waals surface area contributed by atoms with E-state index in [1.807, 2.05) is 73.3 Å². The third kappa shape index (κ3) is 5.91. The van der Waals surface area contributed by atoms with E-state index in [1.165, 1.54) is 0 Å². The van der Waals surface area contributed by atoms with Gasteiger partial charge >= 0.3 is 0 Å². The molecule has 4 nitrogen and oxygen atoms in total. The first-order valence-electron chi connectivity index (χ1n) is 16.0. The van der Waals surface area contributed by atoms with Gasteiger partial charge in [0, 0.05) is 47.0 Å². The second-order valence-corrected chi connectivity index (χ2v) is 11.5. The van der Waals surface area contributed by atoms with Gasteiger partial charge in [0.25, 0.3) is 0 Å². The van der Waals surface area contributed by atoms with E-state index in [0.29, 0.717) is 0 Å². The molecule has 0 aliphatic heterocycles. The molecule has 0 radical (unpaired) electrons. The van der Waals surface area contributed by atoms with Crippen LogP contribution in [-0.4, -0.2) is 19.9 Å². The van der Waals surface area contributed by atoms with Crippen LogP contribution in [-0.2, 0) is 0 Å². The van der Waals surface area contributed by atoms with Gasteiger partial charge in [0.2, 0.25) is 0 Å². The van der Waals surface area contributed by atoms with Crippen LogP contribution in [0.25, 0.3) is 78.4 Å². The zero-order valence-corrected chi connectivity index (χ0v) is 26.1. The molecule has 0 unspecified atom stereocenters. The van der Waals surface area contributed by atoms with Gasteiger partial charge in [0.05, 0.1) is 22.8 Å². The van der Waals surface area contributed by atoms with Crippen LogP contribution in [0.4, 0.5) is 0 Å². The van der Waals surface area contributed by atoms with E-state index in [1.54, 1.807) is 0 Å². The minimum absolute atomic E-state index is 0.919. The number of nitrogens with zero attached hydrogens (tertiary/aromatic N) is 4. The minimum atomic E-state index is 0.919. The van der Waals surface area contributed by atoms with Crippen LogP contribution >= 0.6 is 0 Å². The maximum atomic E-state index is 4.69. The molecule has 0 aliphatic carbocycles. The number of hydrogen-bond donors (Lipinski definition) is 0. The van der Waals surface area contributed by atoms with Crippen LogP contribution in [0, 0.1) is 0 Å². The largest absolute Gasteiger partial charge is 0.256 e. The molecule has 0 fully saturated rings. The Morgan fingerprint density at radius 3 is 0.750 bits per heavy atom. The van der Waals surface area contributed by atoms with Crippen molar-refractivity contribution in [3.05, 3.63) is 183 Å². The molecule has 4 aromatic heterocycles. The molecule has 4 heteroatoms. The van der Waals surface area contributed by atoms with Gasteiger partial charge in [-0.25, -0.2) is 0 Å². The number of rotatable bonds is 7. The molecule has 0 amide bonds. The predicted octanol–water partition coefficient (Wildman–Crippen LogP) is 10.9. The van der Waals surface area contributed by atoms with Gasteiger partial charge in [0.1, 0.15) is 0 Å². The summed E-state index contributed by atoms with van der Waals surface area (Å²) < 4.78 is 0. The second kappa shape index (κ2) is 13.1. The maximum absolute atomic E-state index is 4.69. The highest BCUT2D eigenvalue weighted by Crippen LogP contribution is 2.42. The Morgan fingerprint density at radius 2 is 0.479 bits per heavy atom. The fourth-order valence-electron chi connectivity index (χ4n) is 6.23. The smallest absolute Gasteiger partial charge is 0.0702 e. The normalized spacial score (nSPS) is 10.9. The van der Waals surface area contributed by atoms with Crippen LogP contribution in [0.3, 0.4) is 0 Å². The van der Waals surface area contributed by atoms with E-state index in [2.05, 4.69) is 129 Å². The van der Waals surface area contributed by atoms with Gasteiger partial charge in [-0.1, -0.05) is 72.8 Å². The molecule has 48 heavy (non-hydrogen) atoms. The van der Waals surface area contributed by atoms with Crippen LogP contribution < -0.4 is 0 Å². The Morgan fingerprint density at radius 1 is 0.229 bits per heavy atom. The molecular formula is C44H30N4. The van der Waals surface area contributed by atoms with Crippen molar-refractivity contribution in [2.75, 3.05) is 0 Å². The van der Waals surface area contributed by atoms with E-state index >= 15 is 0 Å². The Hall–Kier alpha value is -6.52. The second-order valence-electron chi connectivity index (χ2n) is 11.5. The summed E-state index contributed by atoms with van der Waals surface area (Å²) in [4.78, 5) is 18.8. The van der Waals surface area contributed by atoms with Gasteiger partial charge in [-0.2, -0.15) is 0 Å². The minimum Gasteiger partial charge on any atom is -0.256 e. The van der Waals surface area contributed by atoms with E-state index in [4.69, 9.17) is 0 Å². The highest BCUT2D eigenvalue weighted by Gasteiger charge is 2.16. The molecule has 0 bridgehead atoms. The van der Waals surface area contributed by atoms with Crippen molar-refractivity contribution in [2.24, 2.45) is 0 Å². The van der Waals surface area contributed by atoms with Crippen LogP contribution in [0.1, 0.15) is 0 Å². The molecule has 0 saturated carbocycles. The Balaban J connectivity index is 1.32. The Kier molecular flexibility index (Phi) is 7.87. The van der Waals surface area contributed by atoms with Crippen LogP contribution in [0.15, 0.2) is 183 Å². The van der Waals surface area contributed by atoms with Gasteiger partial charge < -0.3 is 0 Å². The number of hydrogen-bond acceptors (Lipinski definition) is 4. The van der Waals surface area contributed by atoms with E-state index in [9.17, 15) is 0 Å². The van der Waals surface area contributed by atoms with Crippen molar-refractivity contribution in [1.29, 1.82) is 0 Å². The summed E-state index contributed by atoms with van der Waals surface area (Å²) in [7, 11) is 0. The third-order valence-electron chi connectivity index (χ3n) is 8.47. The van der Waals surface area contributed by atoms with Gasteiger partial charge in [0.15, 0.2) is 0 Å². The predicted molar refractivity (Wildman–Crippen MR) is 196 cm³/mol. The lowest BCUT2D eigenvalue weighted by Gasteiger charge is -2.17. The molecular weight excluding hydrogens is 585 g/mol. The maximum Gasteiger partial charge on any atom is 0.0702 e. The first kappa shape index (κ1) is 28.9. The molecule has 0 saturated heterocycles. The van der Waals surface area contributed by atoms with Crippen LogP contribution in [0.5, 0.6) is 0 Å². The van der Waals surface area contributed by atoms with Crippen molar-refractivity contribution < 1.29 is 0 Å². The van der Waals surface area contributed by atoms with E-state index in [-0.39, 0.29) is 0 Å². The summed E-state index contributed by atoms with van der Waals surface area (Å²) in [6.07, 6.45) is 7.35. The fourth-order valence-corrected chi connectivity index (χ4v) is 6.23. The summed E-state index contributed by atoms with van der Waals surface area (Å²) in [5, 5.41) is 0. The molecule has 0 spiro atoms. The highest BCUT2D eigenvalue weighted by atomic mass is 14.7. The average molecular weight is 615 g/mol. The third-order valence-corrected chi connectivity index (χ3v) is 8.47. The number of pyridine rings is 4. The SMILES string of the molecule is c1ccc(-c2cc(-c3ccccn3)cc(-c3ccccc3-c3ccccc3-c3cc(-c4ccccn4)cc(-c4ccccn4)c3)c2)nc1. The molecule has 8 aromatic rings. The zero-order valence-electron chi connectivity index (χ0n) is 26.1. The summed E-state index contributed by atoms with van der Waals surface area (Å²) in [5.74, 6) is 0. The summed E-state index contributed by atoms with van der Waals surface area (Å²) in [6, 6.07) is 54.6. The van der Waals surface area contributed by atoms with E-state index < -0.39 is 0 Å². The lowest BCUT2D eigenvalue weighted by molar-refractivity contribution is 1.31. The first-order valence-corrected chi connectivity index (χ1v) is 16.0. The number of aromatic nitrogens is 4. The molecule has 0 atom stereocenters. The lowest BCUT2D eigenvalue weighted by atomic mass is 9.87. The molecule has 226 valence electrons. The van der Waals surface area contributed by atoms with Gasteiger partial charge in [-0.3, -0.25) is 19.9 Å². The molecule has 0 aliphatic rings. The Labute approximate surface area is 280 Å². The van der Waals surface area contributed by atoms with Gasteiger partial charge in [-0.05, 0) is 118 Å². The Bertz CT molecular complexity index is 2040. The molecule has 4 aromatic carbocycles. The standard InChI is InChI=1S/C44H30N4/c1-3-15-39(37(13-1)31-25-33(41-17-5-9-21-45-41)29-34(26-31)42-18-6-10-22-46-42)40-16-4-2-14-38(40)32-27-35(43-19-7-11-23-47-43)30-36(28-32)44-20-8-12-24-48-44/h1-30H. The van der Waals surface area contributed by atoms with E-state index in [0.717, 1.165) is 78.4 Å². The molecule has 8 rings (SSSR count). The zero-order chi connectivity index (χ0) is 32.1. The summed E-state index contributed by atoms with van der Waals surface area (Å²) in [5.41, 5.74) is 14.6.